The lowest BCUT2D eigenvalue weighted by atomic mass is 10.2. The van der Waals surface area contributed by atoms with Gasteiger partial charge in [0.15, 0.2) is 0 Å². The smallest absolute Gasteiger partial charge is 0.116 e. The van der Waals surface area contributed by atoms with Crippen molar-refractivity contribution in [1.82, 2.24) is 0 Å². The Balaban J connectivity index is 3.07. The third-order valence-corrected chi connectivity index (χ3v) is 1.03. The maximum Gasteiger partial charge on any atom is 0.116 e. The van der Waals surface area contributed by atoms with Crippen LogP contribution >= 0.6 is 0 Å². The fourth-order valence-electron chi connectivity index (χ4n) is 0.595. The molecule has 0 fully saturated rings. The first-order chi connectivity index (χ1) is 4.33. The van der Waals surface area contributed by atoms with Gasteiger partial charge in [-0.05, 0) is 29.8 Å². The molecule has 1 aromatic rings. The van der Waals surface area contributed by atoms with Crippen molar-refractivity contribution in [3.8, 4) is 5.75 Å². The van der Waals surface area contributed by atoms with E-state index in [9.17, 15) is 0 Å². The highest BCUT2D eigenvalue weighted by Crippen LogP contribution is 2.10. The van der Waals surface area contributed by atoms with Crippen LogP contribution in [0.1, 0.15) is 5.56 Å². The van der Waals surface area contributed by atoms with Crippen LogP contribution in [0.15, 0.2) is 24.8 Å². The van der Waals surface area contributed by atoms with E-state index in [1.165, 1.54) is 6.07 Å². The Morgan fingerprint density at radius 1 is 1.56 bits per heavy atom. The van der Waals surface area contributed by atoms with Gasteiger partial charge in [-0.2, -0.15) is 0 Å². The first-order valence-corrected chi connectivity index (χ1v) is 2.65. The van der Waals surface area contributed by atoms with Crippen LogP contribution in [-0.2, 0) is 0 Å². The molecule has 0 aliphatic rings. The molecule has 1 radical (unpaired) electrons. The summed E-state index contributed by atoms with van der Waals surface area (Å²) >= 11 is 0. The van der Waals surface area contributed by atoms with E-state index in [0.717, 1.165) is 5.56 Å². The Morgan fingerprint density at radius 2 is 2.33 bits per heavy atom. The van der Waals surface area contributed by atoms with Crippen molar-refractivity contribution < 1.29 is 5.11 Å². The van der Waals surface area contributed by atoms with Crippen LogP contribution in [0.4, 0.5) is 0 Å². The third-order valence-electron chi connectivity index (χ3n) is 1.03. The van der Waals surface area contributed by atoms with Crippen LogP contribution < -0.4 is 0 Å². The van der Waals surface area contributed by atoms with Crippen molar-refractivity contribution in [3.05, 3.63) is 36.4 Å². The van der Waals surface area contributed by atoms with E-state index in [1.54, 1.807) is 18.2 Å². The Hall–Kier alpha value is -1.24. The first kappa shape index (κ1) is 5.89. The monoisotopic (exact) mass is 119 g/mol. The summed E-state index contributed by atoms with van der Waals surface area (Å²) in [5, 5.41) is 8.87. The van der Waals surface area contributed by atoms with Gasteiger partial charge in [0.1, 0.15) is 5.75 Å². The van der Waals surface area contributed by atoms with Gasteiger partial charge in [0, 0.05) is 0 Å². The minimum Gasteiger partial charge on any atom is -0.508 e. The summed E-state index contributed by atoms with van der Waals surface area (Å²) in [5.41, 5.74) is 0.884. The van der Waals surface area contributed by atoms with Gasteiger partial charge >= 0.3 is 0 Å². The fraction of sp³-hybridized carbons (Fsp3) is 0. The van der Waals surface area contributed by atoms with Crippen molar-refractivity contribution in [1.29, 1.82) is 0 Å². The molecule has 0 unspecified atom stereocenters. The quantitative estimate of drug-likeness (QED) is 0.598. The lowest BCUT2D eigenvalue weighted by Gasteiger charge is -1.90. The van der Waals surface area contributed by atoms with Crippen molar-refractivity contribution in [2.75, 3.05) is 0 Å². The van der Waals surface area contributed by atoms with Crippen molar-refractivity contribution >= 4 is 6.08 Å². The topological polar surface area (TPSA) is 20.2 Å². The molecule has 1 N–H and O–H groups in total. The normalized spacial score (nSPS) is 8.89. The van der Waals surface area contributed by atoms with Gasteiger partial charge < -0.3 is 5.11 Å². The van der Waals surface area contributed by atoms with E-state index >= 15 is 0 Å². The minimum absolute atomic E-state index is 0.229. The molecule has 45 valence electrons. The van der Waals surface area contributed by atoms with Gasteiger partial charge in [-0.1, -0.05) is 12.7 Å². The number of hydrogen-bond acceptors (Lipinski definition) is 1. The summed E-state index contributed by atoms with van der Waals surface area (Å²) in [6.07, 6.45) is 1.66. The summed E-state index contributed by atoms with van der Waals surface area (Å²) < 4.78 is 0. The van der Waals surface area contributed by atoms with Crippen LogP contribution in [0.5, 0.6) is 5.75 Å². The molecular weight excluding hydrogens is 112 g/mol. The van der Waals surface area contributed by atoms with Gasteiger partial charge in [-0.3, -0.25) is 0 Å². The molecule has 0 saturated carbocycles. The molecule has 0 atom stereocenters. The van der Waals surface area contributed by atoms with E-state index < -0.39 is 0 Å². The lowest BCUT2D eigenvalue weighted by Crippen LogP contribution is -1.68. The van der Waals surface area contributed by atoms with Gasteiger partial charge in [0.25, 0.3) is 0 Å². The van der Waals surface area contributed by atoms with Crippen molar-refractivity contribution in [2.24, 2.45) is 0 Å². The number of phenolic OH excluding ortho intramolecular Hbond substituents is 1. The van der Waals surface area contributed by atoms with E-state index in [4.69, 9.17) is 5.11 Å². The maximum atomic E-state index is 8.87. The highest BCUT2D eigenvalue weighted by atomic mass is 16.3. The van der Waals surface area contributed by atoms with E-state index in [1.807, 2.05) is 0 Å². The largest absolute Gasteiger partial charge is 0.508 e. The average Bonchev–Trinajstić information content (AvgIpc) is 1.88. The third kappa shape index (κ3) is 1.32. The second kappa shape index (κ2) is 2.35. The fourth-order valence-corrected chi connectivity index (χ4v) is 0.595. The molecule has 9 heavy (non-hydrogen) atoms. The highest BCUT2D eigenvalue weighted by molar-refractivity contribution is 5.48. The number of phenols is 1. The van der Waals surface area contributed by atoms with Crippen LogP contribution in [0, 0.1) is 6.07 Å². The van der Waals surface area contributed by atoms with E-state index in [-0.39, 0.29) is 5.75 Å². The van der Waals surface area contributed by atoms with Crippen LogP contribution in [0.25, 0.3) is 6.08 Å². The van der Waals surface area contributed by atoms with Gasteiger partial charge in [-0.15, -0.1) is 0 Å². The maximum absolute atomic E-state index is 8.87. The van der Waals surface area contributed by atoms with Gasteiger partial charge in [0.05, 0.1) is 0 Å². The molecule has 0 bridgehead atoms. The Bertz CT molecular complexity index is 216. The molecule has 0 spiro atoms. The SMILES string of the molecule is C=Cc1c[c]cc(O)c1. The van der Waals surface area contributed by atoms with Crippen LogP contribution in [0.3, 0.4) is 0 Å². The molecular formula is C8H7O. The predicted molar refractivity (Wildman–Crippen MR) is 37.0 cm³/mol. The first-order valence-electron chi connectivity index (χ1n) is 2.65. The second-order valence-electron chi connectivity index (χ2n) is 1.73. The molecule has 0 heterocycles. The molecule has 1 nitrogen and oxygen atoms in total. The molecule has 0 aliphatic heterocycles. The molecule has 1 aromatic carbocycles. The Labute approximate surface area is 54.3 Å². The molecule has 1 heteroatoms. The van der Waals surface area contributed by atoms with Crippen molar-refractivity contribution in [2.45, 2.75) is 0 Å². The highest BCUT2D eigenvalue weighted by Gasteiger charge is 1.85. The molecule has 0 saturated heterocycles. The summed E-state index contributed by atoms with van der Waals surface area (Å²) in [4.78, 5) is 0. The Morgan fingerprint density at radius 3 is 2.78 bits per heavy atom. The zero-order valence-corrected chi connectivity index (χ0v) is 4.96. The lowest BCUT2D eigenvalue weighted by molar-refractivity contribution is 0.475. The van der Waals surface area contributed by atoms with Crippen LogP contribution in [0.2, 0.25) is 0 Å². The molecule has 0 aromatic heterocycles. The molecule has 1 rings (SSSR count). The average molecular weight is 119 g/mol. The molecule has 0 amide bonds. The predicted octanol–water partition coefficient (Wildman–Crippen LogP) is 1.84. The number of rotatable bonds is 1. The zero-order chi connectivity index (χ0) is 6.69. The minimum atomic E-state index is 0.229. The Kier molecular flexibility index (Phi) is 1.54. The summed E-state index contributed by atoms with van der Waals surface area (Å²) in [5.74, 6) is 0.229. The summed E-state index contributed by atoms with van der Waals surface area (Å²) in [6.45, 7) is 3.54. The standard InChI is InChI=1S/C8H7O/c1-2-7-4-3-5-8(9)6-7/h2,4-6,9H,1H2. The number of aromatic hydroxyl groups is 1. The van der Waals surface area contributed by atoms with Crippen molar-refractivity contribution in [3.63, 3.8) is 0 Å². The second-order valence-corrected chi connectivity index (χ2v) is 1.73. The van der Waals surface area contributed by atoms with E-state index in [0.29, 0.717) is 0 Å². The molecule has 0 aliphatic carbocycles. The number of benzene rings is 1. The van der Waals surface area contributed by atoms with Crippen LogP contribution in [-0.4, -0.2) is 5.11 Å². The summed E-state index contributed by atoms with van der Waals surface area (Å²) in [7, 11) is 0. The van der Waals surface area contributed by atoms with Gasteiger partial charge in [0.2, 0.25) is 0 Å². The summed E-state index contributed by atoms with van der Waals surface area (Å²) in [6, 6.07) is 7.65. The zero-order valence-electron chi connectivity index (χ0n) is 4.96. The number of hydrogen-bond donors (Lipinski definition) is 1. The van der Waals surface area contributed by atoms with Gasteiger partial charge in [-0.25, -0.2) is 0 Å². The van der Waals surface area contributed by atoms with E-state index in [2.05, 4.69) is 12.6 Å².